The first-order chi connectivity index (χ1) is 5.88. The number of hydrogen-bond acceptors (Lipinski definition) is 0. The van der Waals surface area contributed by atoms with Crippen molar-refractivity contribution in [3.63, 3.8) is 0 Å². The zero-order chi connectivity index (χ0) is 10.5. The Bertz CT molecular complexity index is 242. The summed E-state index contributed by atoms with van der Waals surface area (Å²) in [7, 11) is 0. The van der Waals surface area contributed by atoms with E-state index < -0.39 is 11.7 Å². The van der Waals surface area contributed by atoms with Gasteiger partial charge in [0.15, 0.2) is 0 Å². The minimum absolute atomic E-state index is 0.445. The topological polar surface area (TPSA) is 0 Å². The predicted octanol–water partition coefficient (Wildman–Crippen LogP) is 4.35. The van der Waals surface area contributed by atoms with Gasteiger partial charge in [-0.1, -0.05) is 34.2 Å². The molecular weight excluding hydrogens is 245 g/mol. The standard InChI is InChI=1S/C9H10BrF3/c1-3-4-5-8(6-7(2)10)9(11,12)13/h3-6H,1-2H3/b4-3?,7-6+,8-5+. The zero-order valence-corrected chi connectivity index (χ0v) is 8.91. The molecule has 0 N–H and O–H groups in total. The Labute approximate surface area is 84.0 Å². The molecule has 0 rings (SSSR count). The number of rotatable bonds is 2. The maximum atomic E-state index is 12.2. The number of alkyl halides is 3. The molecule has 0 bridgehead atoms. The van der Waals surface area contributed by atoms with E-state index in [2.05, 4.69) is 15.9 Å². The molecular formula is C9H10BrF3. The molecule has 4 heteroatoms. The molecule has 0 spiro atoms. The van der Waals surface area contributed by atoms with E-state index in [0.29, 0.717) is 4.48 Å². The summed E-state index contributed by atoms with van der Waals surface area (Å²) in [5.41, 5.74) is -0.667. The van der Waals surface area contributed by atoms with E-state index in [1.54, 1.807) is 19.9 Å². The van der Waals surface area contributed by atoms with Crippen molar-refractivity contribution < 1.29 is 13.2 Å². The number of halogens is 4. The summed E-state index contributed by atoms with van der Waals surface area (Å²) in [5.74, 6) is 0. The van der Waals surface area contributed by atoms with Crippen LogP contribution in [0.2, 0.25) is 0 Å². The van der Waals surface area contributed by atoms with E-state index >= 15 is 0 Å². The van der Waals surface area contributed by atoms with Crippen molar-refractivity contribution in [1.29, 1.82) is 0 Å². The van der Waals surface area contributed by atoms with E-state index in [0.717, 1.165) is 12.2 Å². The van der Waals surface area contributed by atoms with Crippen LogP contribution in [0.4, 0.5) is 13.2 Å². The van der Waals surface area contributed by atoms with Gasteiger partial charge in [0, 0.05) is 0 Å². The first kappa shape index (κ1) is 12.5. The molecule has 0 aromatic rings. The molecule has 0 fully saturated rings. The third-order valence-corrected chi connectivity index (χ3v) is 1.38. The Morgan fingerprint density at radius 3 is 2.15 bits per heavy atom. The van der Waals surface area contributed by atoms with Crippen LogP contribution < -0.4 is 0 Å². The fourth-order valence-electron chi connectivity index (χ4n) is 0.639. The van der Waals surface area contributed by atoms with Gasteiger partial charge in [0.25, 0.3) is 0 Å². The van der Waals surface area contributed by atoms with E-state index in [-0.39, 0.29) is 0 Å². The quantitative estimate of drug-likeness (QED) is 0.643. The molecule has 74 valence electrons. The largest absolute Gasteiger partial charge is 0.416 e. The molecule has 0 unspecified atom stereocenters. The lowest BCUT2D eigenvalue weighted by Gasteiger charge is -2.06. The third-order valence-electron chi connectivity index (χ3n) is 1.15. The summed E-state index contributed by atoms with van der Waals surface area (Å²) in [4.78, 5) is 0. The van der Waals surface area contributed by atoms with Crippen LogP contribution in [-0.2, 0) is 0 Å². The van der Waals surface area contributed by atoms with E-state index in [9.17, 15) is 13.2 Å². The summed E-state index contributed by atoms with van der Waals surface area (Å²) < 4.78 is 37.2. The lowest BCUT2D eigenvalue weighted by atomic mass is 10.2. The summed E-state index contributed by atoms with van der Waals surface area (Å²) in [5, 5.41) is 0. The first-order valence-corrected chi connectivity index (χ1v) is 4.41. The lowest BCUT2D eigenvalue weighted by Crippen LogP contribution is -2.09. The Morgan fingerprint density at radius 2 is 1.85 bits per heavy atom. The average Bonchev–Trinajstić information content (AvgIpc) is 1.95. The molecule has 0 saturated carbocycles. The van der Waals surface area contributed by atoms with Crippen LogP contribution >= 0.6 is 15.9 Å². The lowest BCUT2D eigenvalue weighted by molar-refractivity contribution is -0.0882. The van der Waals surface area contributed by atoms with Crippen LogP contribution in [0.25, 0.3) is 0 Å². The molecule has 0 saturated heterocycles. The van der Waals surface area contributed by atoms with Crippen LogP contribution in [0.5, 0.6) is 0 Å². The van der Waals surface area contributed by atoms with Crippen molar-refractivity contribution in [2.24, 2.45) is 0 Å². The second kappa shape index (κ2) is 5.27. The highest BCUT2D eigenvalue weighted by Gasteiger charge is 2.31. The van der Waals surface area contributed by atoms with Crippen LogP contribution in [0.15, 0.2) is 34.4 Å². The fourth-order valence-corrected chi connectivity index (χ4v) is 0.885. The second-order valence-corrected chi connectivity index (χ2v) is 3.63. The zero-order valence-electron chi connectivity index (χ0n) is 7.32. The summed E-state index contributed by atoms with van der Waals surface area (Å²) in [6.45, 7) is 3.21. The summed E-state index contributed by atoms with van der Waals surface area (Å²) in [6, 6.07) is 0. The summed E-state index contributed by atoms with van der Waals surface area (Å²) in [6.07, 6.45) is 0.678. The first-order valence-electron chi connectivity index (χ1n) is 3.62. The van der Waals surface area contributed by atoms with Gasteiger partial charge in [-0.25, -0.2) is 0 Å². The third kappa shape index (κ3) is 5.69. The van der Waals surface area contributed by atoms with Gasteiger partial charge in [0.1, 0.15) is 0 Å². The van der Waals surface area contributed by atoms with Gasteiger partial charge in [-0.3, -0.25) is 0 Å². The molecule has 0 aliphatic rings. The Hall–Kier alpha value is -0.510. The molecule has 0 aromatic carbocycles. The highest BCUT2D eigenvalue weighted by molar-refractivity contribution is 9.11. The molecule has 0 amide bonds. The maximum absolute atomic E-state index is 12.2. The predicted molar refractivity (Wildman–Crippen MR) is 51.6 cm³/mol. The highest BCUT2D eigenvalue weighted by atomic mass is 79.9. The summed E-state index contributed by atoms with van der Waals surface area (Å²) >= 11 is 2.96. The van der Waals surface area contributed by atoms with Crippen molar-refractivity contribution in [3.05, 3.63) is 34.4 Å². The van der Waals surface area contributed by atoms with Gasteiger partial charge in [-0.2, -0.15) is 13.2 Å². The van der Waals surface area contributed by atoms with Crippen LogP contribution in [0.1, 0.15) is 13.8 Å². The smallest absolute Gasteiger partial charge is 0.166 e. The SMILES string of the molecule is CC=C/C=C(\C=C(/C)Br)C(F)(F)F. The fraction of sp³-hybridized carbons (Fsp3) is 0.333. The number of allylic oxidation sites excluding steroid dienone is 6. The van der Waals surface area contributed by atoms with Gasteiger partial charge in [0.05, 0.1) is 5.57 Å². The molecule has 0 atom stereocenters. The van der Waals surface area contributed by atoms with E-state index in [4.69, 9.17) is 0 Å². The van der Waals surface area contributed by atoms with Gasteiger partial charge in [-0.05, 0) is 24.4 Å². The Balaban J connectivity index is 4.88. The second-order valence-electron chi connectivity index (χ2n) is 2.38. The van der Waals surface area contributed by atoms with Crippen LogP contribution in [0.3, 0.4) is 0 Å². The van der Waals surface area contributed by atoms with Crippen molar-refractivity contribution in [2.45, 2.75) is 20.0 Å². The minimum Gasteiger partial charge on any atom is -0.166 e. The van der Waals surface area contributed by atoms with Crippen molar-refractivity contribution >= 4 is 15.9 Å². The number of hydrogen-bond donors (Lipinski definition) is 0. The van der Waals surface area contributed by atoms with Gasteiger partial charge in [-0.15, -0.1) is 0 Å². The van der Waals surface area contributed by atoms with Crippen molar-refractivity contribution in [1.82, 2.24) is 0 Å². The minimum atomic E-state index is -4.30. The normalized spacial score (nSPS) is 15.5. The average molecular weight is 255 g/mol. The van der Waals surface area contributed by atoms with Crippen LogP contribution in [0, 0.1) is 0 Å². The van der Waals surface area contributed by atoms with Gasteiger partial charge < -0.3 is 0 Å². The molecule has 0 radical (unpaired) electrons. The van der Waals surface area contributed by atoms with Crippen LogP contribution in [-0.4, -0.2) is 6.18 Å². The molecule has 0 aromatic heterocycles. The van der Waals surface area contributed by atoms with Crippen molar-refractivity contribution in [2.75, 3.05) is 0 Å². The van der Waals surface area contributed by atoms with Crippen molar-refractivity contribution in [3.8, 4) is 0 Å². The Kier molecular flexibility index (Phi) is 5.06. The highest BCUT2D eigenvalue weighted by Crippen LogP contribution is 2.28. The monoisotopic (exact) mass is 254 g/mol. The van der Waals surface area contributed by atoms with Gasteiger partial charge >= 0.3 is 6.18 Å². The molecule has 0 aliphatic heterocycles. The molecule has 0 heterocycles. The maximum Gasteiger partial charge on any atom is 0.416 e. The van der Waals surface area contributed by atoms with Gasteiger partial charge in [0.2, 0.25) is 0 Å². The Morgan fingerprint density at radius 1 is 1.31 bits per heavy atom. The molecule has 13 heavy (non-hydrogen) atoms. The molecule has 0 nitrogen and oxygen atoms in total. The van der Waals surface area contributed by atoms with E-state index in [1.807, 2.05) is 0 Å². The van der Waals surface area contributed by atoms with E-state index in [1.165, 1.54) is 6.08 Å². The molecule has 0 aliphatic carbocycles.